The second-order valence-corrected chi connectivity index (χ2v) is 9.58. The summed E-state index contributed by atoms with van der Waals surface area (Å²) < 4.78 is 26.4. The Morgan fingerprint density at radius 1 is 0.966 bits per heavy atom. The lowest BCUT2D eigenvalue weighted by atomic mass is 10.1. The number of rotatable bonds is 5. The Morgan fingerprint density at radius 2 is 1.62 bits per heavy atom. The summed E-state index contributed by atoms with van der Waals surface area (Å²) in [6.45, 7) is 6.22. The SMILES string of the molecule is CNS(=O)(=O)c1ccc(C)c(C(=O)N2CCN(CC(=O)N3CCCCC3)CC2)c1. The topological polar surface area (TPSA) is 90.0 Å². The molecule has 1 aromatic rings. The molecule has 0 spiro atoms. The number of nitrogens with zero attached hydrogens (tertiary/aromatic N) is 3. The molecule has 2 heterocycles. The van der Waals surface area contributed by atoms with Crippen LogP contribution in [0.3, 0.4) is 0 Å². The van der Waals surface area contributed by atoms with Gasteiger partial charge in [-0.15, -0.1) is 0 Å². The lowest BCUT2D eigenvalue weighted by Crippen LogP contribution is -2.52. The van der Waals surface area contributed by atoms with Crippen molar-refractivity contribution in [3.63, 3.8) is 0 Å². The van der Waals surface area contributed by atoms with Gasteiger partial charge in [-0.1, -0.05) is 6.07 Å². The molecule has 2 aliphatic heterocycles. The lowest BCUT2D eigenvalue weighted by Gasteiger charge is -2.36. The Balaban J connectivity index is 1.60. The van der Waals surface area contributed by atoms with E-state index in [1.54, 1.807) is 17.9 Å². The van der Waals surface area contributed by atoms with Crippen LogP contribution in [0.2, 0.25) is 0 Å². The number of carbonyl (C=O) groups excluding carboxylic acids is 2. The van der Waals surface area contributed by atoms with Gasteiger partial charge < -0.3 is 9.80 Å². The second kappa shape index (κ2) is 9.23. The first-order valence-electron chi connectivity index (χ1n) is 10.2. The third-order valence-corrected chi connectivity index (χ3v) is 7.16. The zero-order valence-electron chi connectivity index (χ0n) is 17.2. The third-order valence-electron chi connectivity index (χ3n) is 5.75. The number of hydrogen-bond donors (Lipinski definition) is 1. The Kier molecular flexibility index (Phi) is 6.92. The van der Waals surface area contributed by atoms with E-state index in [0.717, 1.165) is 31.5 Å². The van der Waals surface area contributed by atoms with Crippen LogP contribution in [0.4, 0.5) is 0 Å². The van der Waals surface area contributed by atoms with E-state index in [0.29, 0.717) is 38.3 Å². The quantitative estimate of drug-likeness (QED) is 0.753. The fraction of sp³-hybridized carbons (Fsp3) is 0.600. The molecular formula is C20H30N4O4S. The highest BCUT2D eigenvalue weighted by Crippen LogP contribution is 2.18. The highest BCUT2D eigenvalue weighted by Gasteiger charge is 2.26. The van der Waals surface area contributed by atoms with E-state index in [4.69, 9.17) is 0 Å². The molecular weight excluding hydrogens is 392 g/mol. The minimum Gasteiger partial charge on any atom is -0.342 e. The Morgan fingerprint density at radius 3 is 2.24 bits per heavy atom. The molecule has 0 bridgehead atoms. The summed E-state index contributed by atoms with van der Waals surface area (Å²) in [5.41, 5.74) is 1.15. The first-order chi connectivity index (χ1) is 13.8. The van der Waals surface area contributed by atoms with Gasteiger partial charge in [-0.3, -0.25) is 14.5 Å². The van der Waals surface area contributed by atoms with Crippen molar-refractivity contribution in [2.45, 2.75) is 31.1 Å². The van der Waals surface area contributed by atoms with Gasteiger partial charge in [0.15, 0.2) is 0 Å². The zero-order chi connectivity index (χ0) is 21.0. The normalized spacial score (nSPS) is 18.7. The summed E-state index contributed by atoms with van der Waals surface area (Å²) in [4.78, 5) is 31.3. The molecule has 3 rings (SSSR count). The molecule has 2 amide bonds. The highest BCUT2D eigenvalue weighted by atomic mass is 32.2. The van der Waals surface area contributed by atoms with Crippen molar-refractivity contribution in [3.05, 3.63) is 29.3 Å². The largest absolute Gasteiger partial charge is 0.342 e. The molecule has 0 aromatic heterocycles. The zero-order valence-corrected chi connectivity index (χ0v) is 18.0. The molecule has 29 heavy (non-hydrogen) atoms. The van der Waals surface area contributed by atoms with Crippen molar-refractivity contribution in [2.75, 3.05) is 52.9 Å². The summed E-state index contributed by atoms with van der Waals surface area (Å²) in [6.07, 6.45) is 3.35. The first kappa shape index (κ1) is 21.7. The van der Waals surface area contributed by atoms with Gasteiger partial charge in [0.1, 0.15) is 0 Å². The Bertz CT molecular complexity index is 857. The van der Waals surface area contributed by atoms with Gasteiger partial charge in [-0.2, -0.15) is 0 Å². The molecule has 8 nitrogen and oxygen atoms in total. The van der Waals surface area contributed by atoms with Crippen molar-refractivity contribution in [3.8, 4) is 0 Å². The van der Waals surface area contributed by atoms with Gasteiger partial charge in [-0.25, -0.2) is 13.1 Å². The van der Waals surface area contributed by atoms with Gasteiger partial charge in [0.2, 0.25) is 15.9 Å². The van der Waals surface area contributed by atoms with Crippen LogP contribution in [0, 0.1) is 6.92 Å². The van der Waals surface area contributed by atoms with E-state index in [9.17, 15) is 18.0 Å². The molecule has 2 saturated heterocycles. The van der Waals surface area contributed by atoms with Gasteiger partial charge in [0.05, 0.1) is 11.4 Å². The number of amides is 2. The average Bonchev–Trinajstić information content (AvgIpc) is 2.74. The average molecular weight is 423 g/mol. The van der Waals surface area contributed by atoms with Crippen LogP contribution in [-0.4, -0.2) is 87.8 Å². The van der Waals surface area contributed by atoms with Crippen LogP contribution in [0.15, 0.2) is 23.1 Å². The monoisotopic (exact) mass is 422 g/mol. The number of aryl methyl sites for hydroxylation is 1. The number of benzene rings is 1. The van der Waals surface area contributed by atoms with Crippen molar-refractivity contribution in [1.82, 2.24) is 19.4 Å². The van der Waals surface area contributed by atoms with E-state index in [-0.39, 0.29) is 16.7 Å². The number of piperidine rings is 1. The van der Waals surface area contributed by atoms with Gasteiger partial charge in [0.25, 0.3) is 5.91 Å². The number of nitrogens with one attached hydrogen (secondary N) is 1. The molecule has 1 aromatic carbocycles. The van der Waals surface area contributed by atoms with Crippen molar-refractivity contribution >= 4 is 21.8 Å². The summed E-state index contributed by atoms with van der Waals surface area (Å²) in [7, 11) is -2.26. The minimum absolute atomic E-state index is 0.0831. The maximum absolute atomic E-state index is 13.0. The third kappa shape index (κ3) is 5.15. The minimum atomic E-state index is -3.61. The second-order valence-electron chi connectivity index (χ2n) is 7.69. The Labute approximate surface area is 172 Å². The van der Waals surface area contributed by atoms with Crippen LogP contribution in [0.1, 0.15) is 35.2 Å². The van der Waals surface area contributed by atoms with Crippen molar-refractivity contribution in [2.24, 2.45) is 0 Å². The molecule has 2 aliphatic rings. The van der Waals surface area contributed by atoms with Crippen LogP contribution in [0.5, 0.6) is 0 Å². The van der Waals surface area contributed by atoms with E-state index in [1.807, 2.05) is 4.90 Å². The molecule has 0 atom stereocenters. The number of carbonyl (C=O) groups is 2. The van der Waals surface area contributed by atoms with E-state index in [1.165, 1.54) is 25.6 Å². The smallest absolute Gasteiger partial charge is 0.254 e. The molecule has 0 saturated carbocycles. The van der Waals surface area contributed by atoms with Crippen LogP contribution < -0.4 is 4.72 Å². The molecule has 2 fully saturated rings. The van der Waals surface area contributed by atoms with E-state index in [2.05, 4.69) is 9.62 Å². The molecule has 0 aliphatic carbocycles. The fourth-order valence-electron chi connectivity index (χ4n) is 3.83. The fourth-order valence-corrected chi connectivity index (χ4v) is 4.59. The highest BCUT2D eigenvalue weighted by molar-refractivity contribution is 7.89. The van der Waals surface area contributed by atoms with E-state index < -0.39 is 10.0 Å². The maximum atomic E-state index is 13.0. The van der Waals surface area contributed by atoms with Gasteiger partial charge in [0, 0.05) is 44.8 Å². The van der Waals surface area contributed by atoms with Crippen LogP contribution >= 0.6 is 0 Å². The number of piperazine rings is 1. The molecule has 0 unspecified atom stereocenters. The maximum Gasteiger partial charge on any atom is 0.254 e. The van der Waals surface area contributed by atoms with Gasteiger partial charge >= 0.3 is 0 Å². The van der Waals surface area contributed by atoms with Crippen LogP contribution in [0.25, 0.3) is 0 Å². The molecule has 9 heteroatoms. The van der Waals surface area contributed by atoms with Crippen LogP contribution in [-0.2, 0) is 14.8 Å². The van der Waals surface area contributed by atoms with Crippen molar-refractivity contribution < 1.29 is 18.0 Å². The first-order valence-corrected chi connectivity index (χ1v) is 11.6. The van der Waals surface area contributed by atoms with Gasteiger partial charge in [-0.05, 0) is 50.9 Å². The predicted octanol–water partition coefficient (Wildman–Crippen LogP) is 0.673. The molecule has 1 N–H and O–H groups in total. The summed E-state index contributed by atoms with van der Waals surface area (Å²) >= 11 is 0. The number of likely N-dealkylation sites (tertiary alicyclic amines) is 1. The van der Waals surface area contributed by atoms with Crippen molar-refractivity contribution in [1.29, 1.82) is 0 Å². The Hall–Kier alpha value is -1.97. The number of hydrogen-bond acceptors (Lipinski definition) is 5. The predicted molar refractivity (Wildman–Crippen MR) is 110 cm³/mol. The summed E-state index contributed by atoms with van der Waals surface area (Å²) in [5, 5.41) is 0. The summed E-state index contributed by atoms with van der Waals surface area (Å²) in [6, 6.07) is 4.60. The summed E-state index contributed by atoms with van der Waals surface area (Å²) in [5.74, 6) is 0.00274. The lowest BCUT2D eigenvalue weighted by molar-refractivity contribution is -0.133. The standard InChI is InChI=1S/C20H30N4O4S/c1-16-6-7-17(29(27,28)21-2)14-18(16)20(26)24-12-10-22(11-13-24)15-19(25)23-8-4-3-5-9-23/h6-7,14,21H,3-5,8-13,15H2,1-2H3. The van der Waals surface area contributed by atoms with E-state index >= 15 is 0 Å². The molecule has 0 radical (unpaired) electrons. The molecule has 160 valence electrons. The number of sulfonamides is 1.